The summed E-state index contributed by atoms with van der Waals surface area (Å²) in [6, 6.07) is 7.38. The van der Waals surface area contributed by atoms with E-state index in [9.17, 15) is 9.90 Å². The van der Waals surface area contributed by atoms with Crippen LogP contribution < -0.4 is 0 Å². The van der Waals surface area contributed by atoms with E-state index >= 15 is 0 Å². The lowest BCUT2D eigenvalue weighted by molar-refractivity contribution is -0.142. The van der Waals surface area contributed by atoms with Crippen LogP contribution in [0.1, 0.15) is 32.3 Å². The van der Waals surface area contributed by atoms with E-state index in [1.807, 2.05) is 32.0 Å². The van der Waals surface area contributed by atoms with E-state index in [-0.39, 0.29) is 5.60 Å². The molecule has 0 aliphatic heterocycles. The van der Waals surface area contributed by atoms with Gasteiger partial charge in [-0.05, 0) is 44.7 Å². The predicted molar refractivity (Wildman–Crippen MR) is 76.6 cm³/mol. The zero-order valence-corrected chi connectivity index (χ0v) is 12.4. The molecule has 0 aliphatic carbocycles. The van der Waals surface area contributed by atoms with Crippen molar-refractivity contribution in [2.24, 2.45) is 5.92 Å². The lowest BCUT2D eigenvalue weighted by Crippen LogP contribution is -2.26. The highest BCUT2D eigenvalue weighted by molar-refractivity contribution is 6.31. The highest BCUT2D eigenvalue weighted by Crippen LogP contribution is 2.25. The van der Waals surface area contributed by atoms with Gasteiger partial charge in [-0.1, -0.05) is 29.8 Å². The monoisotopic (exact) mass is 284 g/mol. The molecule has 1 unspecified atom stereocenters. The standard InChI is InChI=1S/C15H21ClO3/c1-15(2,19-3)9-8-12(14(17)18)10-11-6-4-5-7-13(11)16/h4-7,12H,8-10H2,1-3H3,(H,17,18). The lowest BCUT2D eigenvalue weighted by atomic mass is 9.90. The summed E-state index contributed by atoms with van der Waals surface area (Å²) in [7, 11) is 1.64. The van der Waals surface area contributed by atoms with Crippen molar-refractivity contribution in [3.63, 3.8) is 0 Å². The van der Waals surface area contributed by atoms with Gasteiger partial charge in [0, 0.05) is 12.1 Å². The lowest BCUT2D eigenvalue weighted by Gasteiger charge is -2.24. The van der Waals surface area contributed by atoms with Crippen molar-refractivity contribution in [2.45, 2.75) is 38.7 Å². The number of methoxy groups -OCH3 is 1. The Hall–Kier alpha value is -1.06. The SMILES string of the molecule is COC(C)(C)CCC(Cc1ccccc1Cl)C(=O)O. The summed E-state index contributed by atoms with van der Waals surface area (Å²) in [4.78, 5) is 11.3. The van der Waals surface area contributed by atoms with Gasteiger partial charge >= 0.3 is 5.97 Å². The second-order valence-electron chi connectivity index (χ2n) is 5.33. The van der Waals surface area contributed by atoms with Crippen LogP contribution >= 0.6 is 11.6 Å². The van der Waals surface area contributed by atoms with Crippen LogP contribution in [0.25, 0.3) is 0 Å². The van der Waals surface area contributed by atoms with Crippen LogP contribution in [0.4, 0.5) is 0 Å². The first-order chi connectivity index (χ1) is 8.85. The molecular weight excluding hydrogens is 264 g/mol. The van der Waals surface area contributed by atoms with Gasteiger partial charge < -0.3 is 9.84 Å². The normalized spacial score (nSPS) is 13.3. The molecule has 1 aromatic carbocycles. The first kappa shape index (κ1) is 16.0. The minimum atomic E-state index is -0.785. The molecule has 0 spiro atoms. The van der Waals surface area contributed by atoms with Gasteiger partial charge in [-0.15, -0.1) is 0 Å². The second kappa shape index (κ2) is 6.92. The van der Waals surface area contributed by atoms with Crippen molar-refractivity contribution in [3.8, 4) is 0 Å². The molecule has 0 saturated heterocycles. The fraction of sp³-hybridized carbons (Fsp3) is 0.533. The molecule has 1 rings (SSSR count). The van der Waals surface area contributed by atoms with Crippen LogP contribution in [0.3, 0.4) is 0 Å². The molecule has 0 aromatic heterocycles. The zero-order valence-electron chi connectivity index (χ0n) is 11.6. The molecule has 3 nitrogen and oxygen atoms in total. The third kappa shape index (κ3) is 5.21. The predicted octanol–water partition coefficient (Wildman–Crippen LogP) is 3.79. The molecule has 0 heterocycles. The molecule has 19 heavy (non-hydrogen) atoms. The number of hydrogen-bond donors (Lipinski definition) is 1. The van der Waals surface area contributed by atoms with Gasteiger partial charge in [0.25, 0.3) is 0 Å². The second-order valence-corrected chi connectivity index (χ2v) is 5.74. The Bertz CT molecular complexity index is 429. The Kier molecular flexibility index (Phi) is 5.83. The van der Waals surface area contributed by atoms with E-state index in [0.29, 0.717) is 24.3 Å². The van der Waals surface area contributed by atoms with Crippen molar-refractivity contribution in [3.05, 3.63) is 34.9 Å². The van der Waals surface area contributed by atoms with Gasteiger partial charge in [-0.3, -0.25) is 4.79 Å². The maximum absolute atomic E-state index is 11.3. The molecule has 0 radical (unpaired) electrons. The maximum Gasteiger partial charge on any atom is 0.306 e. The molecule has 106 valence electrons. The summed E-state index contributed by atoms with van der Waals surface area (Å²) in [6.07, 6.45) is 1.72. The number of carboxylic acid groups (broad SMARTS) is 1. The van der Waals surface area contributed by atoms with Gasteiger partial charge in [-0.25, -0.2) is 0 Å². The van der Waals surface area contributed by atoms with E-state index in [0.717, 1.165) is 5.56 Å². The Morgan fingerprint density at radius 2 is 2.05 bits per heavy atom. The third-order valence-corrected chi connectivity index (χ3v) is 3.79. The molecule has 0 amide bonds. The smallest absolute Gasteiger partial charge is 0.306 e. The fourth-order valence-corrected chi connectivity index (χ4v) is 2.08. The van der Waals surface area contributed by atoms with Gasteiger partial charge in [0.05, 0.1) is 11.5 Å². The van der Waals surface area contributed by atoms with Crippen molar-refractivity contribution in [1.82, 2.24) is 0 Å². The van der Waals surface area contributed by atoms with Crippen LogP contribution in [0.15, 0.2) is 24.3 Å². The summed E-state index contributed by atoms with van der Waals surface area (Å²) < 4.78 is 5.32. The summed E-state index contributed by atoms with van der Waals surface area (Å²) in [5.41, 5.74) is 0.584. The van der Waals surface area contributed by atoms with Crippen LogP contribution in [0.2, 0.25) is 5.02 Å². The zero-order chi connectivity index (χ0) is 14.5. The molecule has 0 bridgehead atoms. The summed E-state index contributed by atoms with van der Waals surface area (Å²) in [6.45, 7) is 3.92. The van der Waals surface area contributed by atoms with E-state index in [4.69, 9.17) is 16.3 Å². The number of carboxylic acids is 1. The number of aliphatic carboxylic acids is 1. The highest BCUT2D eigenvalue weighted by atomic mass is 35.5. The average molecular weight is 285 g/mol. The van der Waals surface area contributed by atoms with Gasteiger partial charge in [0.2, 0.25) is 0 Å². The van der Waals surface area contributed by atoms with E-state index in [1.54, 1.807) is 13.2 Å². The number of ether oxygens (including phenoxy) is 1. The largest absolute Gasteiger partial charge is 0.481 e. The Morgan fingerprint density at radius 1 is 1.42 bits per heavy atom. The number of halogens is 1. The van der Waals surface area contributed by atoms with Gasteiger partial charge in [-0.2, -0.15) is 0 Å². The van der Waals surface area contributed by atoms with E-state index in [2.05, 4.69) is 0 Å². The van der Waals surface area contributed by atoms with Crippen molar-refractivity contribution in [2.75, 3.05) is 7.11 Å². The van der Waals surface area contributed by atoms with Crippen LogP contribution in [0, 0.1) is 5.92 Å². The first-order valence-electron chi connectivity index (χ1n) is 6.37. The Balaban J connectivity index is 2.69. The van der Waals surface area contributed by atoms with Crippen molar-refractivity contribution >= 4 is 17.6 Å². The summed E-state index contributed by atoms with van der Waals surface area (Å²) >= 11 is 6.07. The molecule has 1 atom stereocenters. The number of rotatable bonds is 7. The molecule has 1 N–H and O–H groups in total. The van der Waals surface area contributed by atoms with Gasteiger partial charge in [0.1, 0.15) is 0 Å². The summed E-state index contributed by atoms with van der Waals surface area (Å²) in [5.74, 6) is -1.22. The van der Waals surface area contributed by atoms with Crippen molar-refractivity contribution in [1.29, 1.82) is 0 Å². The minimum Gasteiger partial charge on any atom is -0.481 e. The van der Waals surface area contributed by atoms with Crippen LogP contribution in [-0.2, 0) is 16.0 Å². The number of carbonyl (C=O) groups is 1. The Morgan fingerprint density at radius 3 is 2.58 bits per heavy atom. The van der Waals surface area contributed by atoms with Crippen LogP contribution in [0.5, 0.6) is 0 Å². The van der Waals surface area contributed by atoms with Gasteiger partial charge in [0.15, 0.2) is 0 Å². The quantitative estimate of drug-likeness (QED) is 0.829. The molecule has 0 fully saturated rings. The average Bonchev–Trinajstić information content (AvgIpc) is 2.36. The molecular formula is C15H21ClO3. The van der Waals surface area contributed by atoms with Crippen molar-refractivity contribution < 1.29 is 14.6 Å². The topological polar surface area (TPSA) is 46.5 Å². The fourth-order valence-electron chi connectivity index (χ4n) is 1.87. The first-order valence-corrected chi connectivity index (χ1v) is 6.75. The Labute approximate surface area is 119 Å². The third-order valence-electron chi connectivity index (χ3n) is 3.42. The molecule has 0 aliphatic rings. The molecule has 4 heteroatoms. The summed E-state index contributed by atoms with van der Waals surface area (Å²) in [5, 5.41) is 9.94. The number of benzene rings is 1. The molecule has 0 saturated carbocycles. The minimum absolute atomic E-state index is 0.297. The van der Waals surface area contributed by atoms with E-state index < -0.39 is 11.9 Å². The number of hydrogen-bond acceptors (Lipinski definition) is 2. The highest BCUT2D eigenvalue weighted by Gasteiger charge is 2.24. The maximum atomic E-state index is 11.3. The molecule has 1 aromatic rings. The van der Waals surface area contributed by atoms with E-state index in [1.165, 1.54) is 0 Å². The van der Waals surface area contributed by atoms with Crippen LogP contribution in [-0.4, -0.2) is 23.8 Å².